The van der Waals surface area contributed by atoms with Gasteiger partial charge in [0, 0.05) is 6.20 Å². The number of hydrogen-bond donors (Lipinski definition) is 2. The van der Waals surface area contributed by atoms with Gasteiger partial charge in [-0.05, 0) is 0 Å². The molecule has 0 radical (unpaired) electrons. The van der Waals surface area contributed by atoms with Gasteiger partial charge in [-0.15, -0.1) is 13.2 Å². The molecule has 0 spiro atoms. The third kappa shape index (κ3) is 3.39. The highest BCUT2D eigenvalue weighted by Gasteiger charge is 2.41. The van der Waals surface area contributed by atoms with Crippen LogP contribution in [0.15, 0.2) is 11.0 Å². The molecule has 11 heteroatoms. The van der Waals surface area contributed by atoms with Gasteiger partial charge in [0.1, 0.15) is 11.3 Å². The lowest BCUT2D eigenvalue weighted by atomic mass is 10.1. The normalized spacial score (nSPS) is 12.3. The van der Waals surface area contributed by atoms with E-state index in [4.69, 9.17) is 5.11 Å². The fourth-order valence-electron chi connectivity index (χ4n) is 1.15. The Balaban J connectivity index is 3.52. The summed E-state index contributed by atoms with van der Waals surface area (Å²) in [4.78, 5) is 23.1. The van der Waals surface area contributed by atoms with E-state index in [0.29, 0.717) is 0 Å². The van der Waals surface area contributed by atoms with E-state index in [1.165, 1.54) is 4.98 Å². The van der Waals surface area contributed by atoms with E-state index in [-0.39, 0.29) is 6.20 Å². The van der Waals surface area contributed by atoms with Crippen LogP contribution in [-0.2, 0) is 6.18 Å². The predicted octanol–water partition coefficient (Wildman–Crippen LogP) is 1.99. The minimum Gasteiger partial charge on any atom is -0.477 e. The van der Waals surface area contributed by atoms with Crippen LogP contribution in [0.3, 0.4) is 0 Å². The predicted molar refractivity (Wildman–Crippen MR) is 45.7 cm³/mol. The molecule has 1 aromatic rings. The van der Waals surface area contributed by atoms with E-state index in [0.717, 1.165) is 0 Å². The summed E-state index contributed by atoms with van der Waals surface area (Å²) in [5.74, 6) is -3.85. The van der Waals surface area contributed by atoms with E-state index in [2.05, 4.69) is 4.74 Å². The van der Waals surface area contributed by atoms with Crippen LogP contribution in [0.2, 0.25) is 0 Å². The zero-order chi connectivity index (χ0) is 15.0. The van der Waals surface area contributed by atoms with Crippen molar-refractivity contribution in [1.29, 1.82) is 0 Å². The topological polar surface area (TPSA) is 79.4 Å². The number of alkyl halides is 6. The van der Waals surface area contributed by atoms with Gasteiger partial charge in [-0.1, -0.05) is 0 Å². The lowest BCUT2D eigenvalue weighted by Crippen LogP contribution is -2.29. The number of halogens is 6. The highest BCUT2D eigenvalue weighted by atomic mass is 19.4. The molecular formula is C8H3F6NO4. The van der Waals surface area contributed by atoms with Crippen LogP contribution in [0.1, 0.15) is 16.1 Å². The molecule has 106 valence electrons. The third-order valence-corrected chi connectivity index (χ3v) is 1.77. The standard InChI is InChI=1S/C8H3F6NO4/c9-7(10,11)3-4(6(17)18)15-1-2(5(3)16)19-8(12,13)14/h1H,(H,15,16)(H,17,18). The fourth-order valence-corrected chi connectivity index (χ4v) is 1.15. The highest BCUT2D eigenvalue weighted by Crippen LogP contribution is 2.30. The van der Waals surface area contributed by atoms with Gasteiger partial charge in [0.15, 0.2) is 5.75 Å². The molecule has 0 aromatic carbocycles. The highest BCUT2D eigenvalue weighted by molar-refractivity contribution is 5.87. The van der Waals surface area contributed by atoms with Crippen molar-refractivity contribution in [2.75, 3.05) is 0 Å². The van der Waals surface area contributed by atoms with E-state index in [9.17, 15) is 35.9 Å². The van der Waals surface area contributed by atoms with Crippen LogP contribution in [0.4, 0.5) is 26.3 Å². The molecular weight excluding hydrogens is 288 g/mol. The number of carboxylic acid groups (broad SMARTS) is 1. The maximum absolute atomic E-state index is 12.5. The smallest absolute Gasteiger partial charge is 0.477 e. The maximum Gasteiger partial charge on any atom is 0.573 e. The Kier molecular flexibility index (Phi) is 3.50. The van der Waals surface area contributed by atoms with Crippen molar-refractivity contribution >= 4 is 5.97 Å². The monoisotopic (exact) mass is 291 g/mol. The molecule has 1 heterocycles. The number of H-pyrrole nitrogens is 1. The van der Waals surface area contributed by atoms with Gasteiger partial charge in [0.2, 0.25) is 5.43 Å². The SMILES string of the molecule is O=C(O)c1[nH]cc(OC(F)(F)F)c(=O)c1C(F)(F)F. The van der Waals surface area contributed by atoms with Crippen molar-refractivity contribution < 1.29 is 41.0 Å². The quantitative estimate of drug-likeness (QED) is 0.817. The molecule has 1 rings (SSSR count). The number of nitrogens with one attached hydrogen (secondary N) is 1. The summed E-state index contributed by atoms with van der Waals surface area (Å²) in [5.41, 5.74) is -6.07. The molecule has 19 heavy (non-hydrogen) atoms. The Labute approximate surface area is 99.0 Å². The first-order valence-corrected chi connectivity index (χ1v) is 4.25. The van der Waals surface area contributed by atoms with Crippen LogP contribution in [0.25, 0.3) is 0 Å². The Bertz CT molecular complexity index is 558. The summed E-state index contributed by atoms with van der Waals surface area (Å²) in [5, 5.41) is 8.44. The summed E-state index contributed by atoms with van der Waals surface area (Å²) in [6, 6.07) is 0. The Morgan fingerprint density at radius 1 is 1.21 bits per heavy atom. The largest absolute Gasteiger partial charge is 0.573 e. The average Bonchev–Trinajstić information content (AvgIpc) is 2.16. The maximum atomic E-state index is 12.5. The van der Waals surface area contributed by atoms with Crippen LogP contribution in [-0.4, -0.2) is 22.4 Å². The molecule has 0 aliphatic heterocycles. The fraction of sp³-hybridized carbons (Fsp3) is 0.250. The Hall–Kier alpha value is -2.20. The average molecular weight is 291 g/mol. The van der Waals surface area contributed by atoms with Crippen LogP contribution < -0.4 is 10.2 Å². The zero-order valence-corrected chi connectivity index (χ0v) is 8.52. The Morgan fingerprint density at radius 2 is 1.74 bits per heavy atom. The molecule has 2 N–H and O–H groups in total. The lowest BCUT2D eigenvalue weighted by Gasteiger charge is -2.12. The molecule has 0 atom stereocenters. The van der Waals surface area contributed by atoms with Gasteiger partial charge in [0.25, 0.3) is 0 Å². The van der Waals surface area contributed by atoms with E-state index >= 15 is 0 Å². The van der Waals surface area contributed by atoms with Gasteiger partial charge in [-0.3, -0.25) is 4.79 Å². The van der Waals surface area contributed by atoms with Crippen molar-refractivity contribution in [2.24, 2.45) is 0 Å². The number of aromatic carboxylic acids is 1. The molecule has 0 amide bonds. The molecule has 0 saturated heterocycles. The second kappa shape index (κ2) is 4.48. The van der Waals surface area contributed by atoms with Crippen molar-refractivity contribution in [3.63, 3.8) is 0 Å². The first-order valence-electron chi connectivity index (χ1n) is 4.25. The summed E-state index contributed by atoms with van der Waals surface area (Å²) in [6.45, 7) is 0. The van der Waals surface area contributed by atoms with E-state index in [1.807, 2.05) is 0 Å². The van der Waals surface area contributed by atoms with E-state index in [1.54, 1.807) is 0 Å². The summed E-state index contributed by atoms with van der Waals surface area (Å²) in [6.07, 6.45) is -10.7. The number of carboxylic acids is 1. The van der Waals surface area contributed by atoms with Gasteiger partial charge >= 0.3 is 18.5 Å². The molecule has 5 nitrogen and oxygen atoms in total. The second-order valence-electron chi connectivity index (χ2n) is 3.08. The number of ether oxygens (including phenoxy) is 1. The molecule has 1 aromatic heterocycles. The van der Waals surface area contributed by atoms with Crippen molar-refractivity contribution in [1.82, 2.24) is 4.98 Å². The van der Waals surface area contributed by atoms with Crippen LogP contribution >= 0.6 is 0 Å². The molecule has 0 bridgehead atoms. The van der Waals surface area contributed by atoms with Crippen LogP contribution in [0, 0.1) is 0 Å². The van der Waals surface area contributed by atoms with Crippen molar-refractivity contribution in [3.05, 3.63) is 27.7 Å². The van der Waals surface area contributed by atoms with E-state index < -0.39 is 40.9 Å². The minimum absolute atomic E-state index is 0.0918. The van der Waals surface area contributed by atoms with Gasteiger partial charge in [-0.2, -0.15) is 13.2 Å². The number of aromatic nitrogens is 1. The molecule has 0 unspecified atom stereocenters. The molecule has 0 aliphatic carbocycles. The summed E-state index contributed by atoms with van der Waals surface area (Å²) < 4.78 is 76.0. The molecule has 0 saturated carbocycles. The number of aromatic amines is 1. The summed E-state index contributed by atoms with van der Waals surface area (Å²) in [7, 11) is 0. The first kappa shape index (κ1) is 14.9. The number of carbonyl (C=O) groups is 1. The Morgan fingerprint density at radius 3 is 2.11 bits per heavy atom. The van der Waals surface area contributed by atoms with Crippen molar-refractivity contribution in [2.45, 2.75) is 12.5 Å². The minimum atomic E-state index is -5.45. The zero-order valence-electron chi connectivity index (χ0n) is 8.52. The summed E-state index contributed by atoms with van der Waals surface area (Å²) >= 11 is 0. The number of pyridine rings is 1. The van der Waals surface area contributed by atoms with Gasteiger partial charge < -0.3 is 14.8 Å². The second-order valence-corrected chi connectivity index (χ2v) is 3.08. The molecule has 0 fully saturated rings. The number of rotatable bonds is 2. The molecule has 0 aliphatic rings. The third-order valence-electron chi connectivity index (χ3n) is 1.77. The lowest BCUT2D eigenvalue weighted by molar-refractivity contribution is -0.275. The van der Waals surface area contributed by atoms with Gasteiger partial charge in [-0.25, -0.2) is 4.79 Å². The van der Waals surface area contributed by atoms with Crippen LogP contribution in [0.5, 0.6) is 5.75 Å². The van der Waals surface area contributed by atoms with Gasteiger partial charge in [0.05, 0.1) is 0 Å². The first-order chi connectivity index (χ1) is 8.43. The van der Waals surface area contributed by atoms with Crippen molar-refractivity contribution in [3.8, 4) is 5.75 Å². The number of hydrogen-bond acceptors (Lipinski definition) is 3.